The highest BCUT2D eigenvalue weighted by Gasteiger charge is 2.33. The molecule has 0 radical (unpaired) electrons. The molecule has 0 unspecified atom stereocenters. The Hall–Kier alpha value is -1.39. The van der Waals surface area contributed by atoms with Crippen molar-refractivity contribution < 1.29 is 9.90 Å². The molecule has 0 aromatic heterocycles. The summed E-state index contributed by atoms with van der Waals surface area (Å²) < 4.78 is 0. The van der Waals surface area contributed by atoms with Crippen molar-refractivity contribution in [3.05, 3.63) is 35.4 Å². The van der Waals surface area contributed by atoms with Gasteiger partial charge in [-0.3, -0.25) is 9.69 Å². The lowest BCUT2D eigenvalue weighted by Crippen LogP contribution is -2.53. The van der Waals surface area contributed by atoms with E-state index in [-0.39, 0.29) is 12.0 Å². The minimum absolute atomic E-state index is 0.172. The van der Waals surface area contributed by atoms with Crippen LogP contribution < -0.4 is 0 Å². The maximum absolute atomic E-state index is 12.5. The molecule has 1 aliphatic carbocycles. The summed E-state index contributed by atoms with van der Waals surface area (Å²) in [6.07, 6.45) is 3.47. The fourth-order valence-electron chi connectivity index (χ4n) is 3.73. The van der Waals surface area contributed by atoms with Gasteiger partial charge in [0.15, 0.2) is 0 Å². The number of carbonyl (C=O) groups is 1. The molecule has 1 aromatic carbocycles. The molecular formula is C18H26N2O2. The predicted octanol–water partition coefficient (Wildman–Crippen LogP) is 1.60. The summed E-state index contributed by atoms with van der Waals surface area (Å²) in [5.74, 6) is 0.223. The van der Waals surface area contributed by atoms with Gasteiger partial charge in [0.1, 0.15) is 0 Å². The number of hydrogen-bond donors (Lipinski definition) is 1. The van der Waals surface area contributed by atoms with Gasteiger partial charge in [-0.05, 0) is 37.3 Å². The van der Waals surface area contributed by atoms with E-state index < -0.39 is 0 Å². The van der Waals surface area contributed by atoms with Gasteiger partial charge in [-0.25, -0.2) is 0 Å². The Morgan fingerprint density at radius 2 is 1.91 bits per heavy atom. The van der Waals surface area contributed by atoms with Gasteiger partial charge in [-0.15, -0.1) is 0 Å². The Kier molecular flexibility index (Phi) is 4.79. The van der Waals surface area contributed by atoms with E-state index in [0.717, 1.165) is 51.0 Å². The number of nitrogens with zero attached hydrogens (tertiary/aromatic N) is 2. The standard InChI is InChI=1S/C18H26N2O2/c1-14-5-2-3-6-15(14)13-18(22)20-11-9-19(10-12-20)16-7-4-8-17(16)21/h2-3,5-6,16-17,21H,4,7-13H2,1H3/t16-,17-/m1/s1. The second kappa shape index (κ2) is 6.80. The third-order valence-electron chi connectivity index (χ3n) is 5.18. The number of aliphatic hydroxyl groups is 1. The van der Waals surface area contributed by atoms with Crippen LogP contribution >= 0.6 is 0 Å². The average molecular weight is 302 g/mol. The van der Waals surface area contributed by atoms with Crippen molar-refractivity contribution in [3.63, 3.8) is 0 Å². The van der Waals surface area contributed by atoms with Gasteiger partial charge in [-0.2, -0.15) is 0 Å². The van der Waals surface area contributed by atoms with E-state index in [9.17, 15) is 9.90 Å². The van der Waals surface area contributed by atoms with Gasteiger partial charge in [0.2, 0.25) is 5.91 Å². The fourth-order valence-corrected chi connectivity index (χ4v) is 3.73. The molecule has 4 heteroatoms. The molecule has 1 aromatic rings. The molecule has 1 saturated heterocycles. The van der Waals surface area contributed by atoms with Crippen LogP contribution in [0.5, 0.6) is 0 Å². The molecule has 22 heavy (non-hydrogen) atoms. The van der Waals surface area contributed by atoms with Crippen molar-refractivity contribution >= 4 is 5.91 Å². The number of amides is 1. The SMILES string of the molecule is Cc1ccccc1CC(=O)N1CCN([C@@H]2CCC[C@H]2O)CC1. The van der Waals surface area contributed by atoms with Gasteiger partial charge in [-0.1, -0.05) is 24.3 Å². The third-order valence-corrected chi connectivity index (χ3v) is 5.18. The summed E-state index contributed by atoms with van der Waals surface area (Å²) in [6.45, 7) is 5.41. The molecule has 0 spiro atoms. The van der Waals surface area contributed by atoms with Crippen molar-refractivity contribution in [1.82, 2.24) is 9.80 Å². The maximum atomic E-state index is 12.5. The topological polar surface area (TPSA) is 43.8 Å². The zero-order chi connectivity index (χ0) is 15.5. The molecule has 1 N–H and O–H groups in total. The van der Waals surface area contributed by atoms with Crippen molar-refractivity contribution in [3.8, 4) is 0 Å². The van der Waals surface area contributed by atoms with Crippen LogP contribution in [0.15, 0.2) is 24.3 Å². The first-order chi connectivity index (χ1) is 10.6. The lowest BCUT2D eigenvalue weighted by molar-refractivity contribution is -0.132. The van der Waals surface area contributed by atoms with E-state index >= 15 is 0 Å². The predicted molar refractivity (Wildman–Crippen MR) is 86.7 cm³/mol. The largest absolute Gasteiger partial charge is 0.391 e. The molecule has 3 rings (SSSR count). The Balaban J connectivity index is 1.53. The Bertz CT molecular complexity index is 524. The number of rotatable bonds is 3. The van der Waals surface area contributed by atoms with Crippen molar-refractivity contribution in [2.75, 3.05) is 26.2 Å². The summed E-state index contributed by atoms with van der Waals surface area (Å²) in [5, 5.41) is 10.0. The van der Waals surface area contributed by atoms with Crippen molar-refractivity contribution in [2.45, 2.75) is 44.8 Å². The van der Waals surface area contributed by atoms with E-state index in [1.165, 1.54) is 5.56 Å². The summed E-state index contributed by atoms with van der Waals surface area (Å²) >= 11 is 0. The van der Waals surface area contributed by atoms with Crippen LogP contribution in [-0.2, 0) is 11.2 Å². The molecule has 2 aliphatic rings. The van der Waals surface area contributed by atoms with Gasteiger partial charge in [0, 0.05) is 32.2 Å². The fraction of sp³-hybridized carbons (Fsp3) is 0.611. The summed E-state index contributed by atoms with van der Waals surface area (Å²) in [7, 11) is 0. The lowest BCUT2D eigenvalue weighted by atomic mass is 10.0. The zero-order valence-corrected chi connectivity index (χ0v) is 13.4. The highest BCUT2D eigenvalue weighted by Crippen LogP contribution is 2.25. The van der Waals surface area contributed by atoms with Gasteiger partial charge < -0.3 is 10.0 Å². The monoisotopic (exact) mass is 302 g/mol. The lowest BCUT2D eigenvalue weighted by Gasteiger charge is -2.39. The minimum atomic E-state index is -0.172. The van der Waals surface area contributed by atoms with Gasteiger partial charge in [0.05, 0.1) is 12.5 Å². The molecule has 4 nitrogen and oxygen atoms in total. The normalized spacial score (nSPS) is 26.4. The Labute approximate surface area is 132 Å². The quantitative estimate of drug-likeness (QED) is 0.922. The van der Waals surface area contributed by atoms with Crippen LogP contribution in [0.4, 0.5) is 0 Å². The van der Waals surface area contributed by atoms with E-state index in [1.54, 1.807) is 0 Å². The molecule has 1 heterocycles. The van der Waals surface area contributed by atoms with Crippen LogP contribution in [0, 0.1) is 6.92 Å². The molecule has 1 amide bonds. The number of piperazine rings is 1. The third kappa shape index (κ3) is 3.33. The first-order valence-corrected chi connectivity index (χ1v) is 8.39. The number of aliphatic hydroxyl groups excluding tert-OH is 1. The first kappa shape index (κ1) is 15.5. The second-order valence-corrected chi connectivity index (χ2v) is 6.59. The molecule has 1 saturated carbocycles. The van der Waals surface area contributed by atoms with Crippen LogP contribution in [0.2, 0.25) is 0 Å². The van der Waals surface area contributed by atoms with E-state index in [4.69, 9.17) is 0 Å². The summed E-state index contributed by atoms with van der Waals surface area (Å²) in [5.41, 5.74) is 2.31. The molecular weight excluding hydrogens is 276 g/mol. The smallest absolute Gasteiger partial charge is 0.227 e. The number of benzene rings is 1. The average Bonchev–Trinajstić information content (AvgIpc) is 2.96. The molecule has 2 atom stereocenters. The summed E-state index contributed by atoms with van der Waals surface area (Å²) in [4.78, 5) is 16.8. The highest BCUT2D eigenvalue weighted by atomic mass is 16.3. The number of aryl methyl sites for hydroxylation is 1. The minimum Gasteiger partial charge on any atom is -0.391 e. The van der Waals surface area contributed by atoms with Crippen LogP contribution in [0.25, 0.3) is 0 Å². The second-order valence-electron chi connectivity index (χ2n) is 6.59. The van der Waals surface area contributed by atoms with Gasteiger partial charge in [0.25, 0.3) is 0 Å². The number of hydrogen-bond acceptors (Lipinski definition) is 3. The number of carbonyl (C=O) groups excluding carboxylic acids is 1. The highest BCUT2D eigenvalue weighted by molar-refractivity contribution is 5.79. The molecule has 0 bridgehead atoms. The van der Waals surface area contributed by atoms with Gasteiger partial charge >= 0.3 is 0 Å². The molecule has 1 aliphatic heterocycles. The first-order valence-electron chi connectivity index (χ1n) is 8.39. The molecule has 120 valence electrons. The molecule has 2 fully saturated rings. The zero-order valence-electron chi connectivity index (χ0n) is 13.4. The van der Waals surface area contributed by atoms with Crippen molar-refractivity contribution in [2.24, 2.45) is 0 Å². The Morgan fingerprint density at radius 3 is 2.55 bits per heavy atom. The van der Waals surface area contributed by atoms with E-state index in [2.05, 4.69) is 17.9 Å². The summed E-state index contributed by atoms with van der Waals surface area (Å²) in [6, 6.07) is 8.42. The van der Waals surface area contributed by atoms with Crippen LogP contribution in [0.1, 0.15) is 30.4 Å². The Morgan fingerprint density at radius 1 is 1.18 bits per heavy atom. The maximum Gasteiger partial charge on any atom is 0.227 e. The van der Waals surface area contributed by atoms with Crippen molar-refractivity contribution in [1.29, 1.82) is 0 Å². The van der Waals surface area contributed by atoms with E-state index in [1.807, 2.05) is 23.1 Å². The van der Waals surface area contributed by atoms with E-state index in [0.29, 0.717) is 12.5 Å². The van der Waals surface area contributed by atoms with Crippen LogP contribution in [0.3, 0.4) is 0 Å². The van der Waals surface area contributed by atoms with Crippen LogP contribution in [-0.4, -0.2) is 59.1 Å².